The number of imidazole rings is 1. The summed E-state index contributed by atoms with van der Waals surface area (Å²) in [5, 5.41) is 29.2. The van der Waals surface area contributed by atoms with Crippen LogP contribution in [0.2, 0.25) is 0 Å². The van der Waals surface area contributed by atoms with E-state index in [1.54, 1.807) is 26.0 Å². The Morgan fingerprint density at radius 2 is 1.53 bits per heavy atom. The van der Waals surface area contributed by atoms with Crippen LogP contribution in [0, 0.1) is 5.92 Å². The summed E-state index contributed by atoms with van der Waals surface area (Å²) in [6.07, 6.45) is 5.24. The first-order valence-corrected chi connectivity index (χ1v) is 15.2. The fraction of sp³-hybridized carbons (Fsp3) is 0.500. The number of phenols is 1. The molecule has 236 valence electrons. The minimum atomic E-state index is -1.22. The molecule has 0 aliphatic heterocycles. The predicted molar refractivity (Wildman–Crippen MR) is 161 cm³/mol. The molecule has 0 fully saturated rings. The van der Waals surface area contributed by atoms with Crippen LogP contribution >= 0.6 is 11.8 Å². The smallest absolute Gasteiger partial charge is 0.325 e. The Labute approximate surface area is 254 Å². The maximum atomic E-state index is 13.6. The lowest BCUT2D eigenvalue weighted by Crippen LogP contribution is -2.60. The fourth-order valence-electron chi connectivity index (χ4n) is 4.01. The Bertz CT molecular complexity index is 1220. The highest BCUT2D eigenvalue weighted by Gasteiger charge is 2.32. The van der Waals surface area contributed by atoms with Crippen molar-refractivity contribution in [2.75, 3.05) is 12.0 Å². The lowest BCUT2D eigenvalue weighted by molar-refractivity contribution is -0.141. The second kappa shape index (κ2) is 17.1. The van der Waals surface area contributed by atoms with Gasteiger partial charge in [0.05, 0.1) is 12.4 Å². The molecular weight excluding hydrogens is 578 g/mol. The molecule has 14 nitrogen and oxygen atoms in total. The number of rotatable bonds is 17. The molecule has 2 aromatic rings. The number of carboxylic acids is 1. The number of hydrogen-bond donors (Lipinski definition) is 8. The Balaban J connectivity index is 2.22. The largest absolute Gasteiger partial charge is 0.508 e. The van der Waals surface area contributed by atoms with Crippen LogP contribution in [0.1, 0.15) is 38.4 Å². The van der Waals surface area contributed by atoms with E-state index in [-0.39, 0.29) is 25.0 Å². The van der Waals surface area contributed by atoms with Crippen molar-refractivity contribution >= 4 is 41.4 Å². The first-order chi connectivity index (χ1) is 20.3. The third kappa shape index (κ3) is 11.6. The van der Waals surface area contributed by atoms with E-state index in [1.807, 2.05) is 6.26 Å². The van der Waals surface area contributed by atoms with Crippen LogP contribution in [0.4, 0.5) is 0 Å². The minimum absolute atomic E-state index is 0.0322. The normalized spacial score (nSPS) is 14.6. The van der Waals surface area contributed by atoms with Crippen molar-refractivity contribution in [3.63, 3.8) is 0 Å². The van der Waals surface area contributed by atoms with Crippen molar-refractivity contribution in [1.82, 2.24) is 31.2 Å². The zero-order chi connectivity index (χ0) is 32.1. The monoisotopic (exact) mass is 619 g/mol. The summed E-state index contributed by atoms with van der Waals surface area (Å²) in [5.41, 5.74) is 7.35. The van der Waals surface area contributed by atoms with Crippen molar-refractivity contribution in [3.05, 3.63) is 48.0 Å². The number of aromatic amines is 1. The highest BCUT2D eigenvalue weighted by molar-refractivity contribution is 7.98. The molecule has 15 heteroatoms. The Hall–Kier alpha value is -4.11. The van der Waals surface area contributed by atoms with Crippen LogP contribution in [-0.2, 0) is 36.8 Å². The number of nitrogens with zero attached hydrogens (tertiary/aromatic N) is 1. The zero-order valence-electron chi connectivity index (χ0n) is 24.6. The van der Waals surface area contributed by atoms with Gasteiger partial charge in [-0.2, -0.15) is 11.8 Å². The van der Waals surface area contributed by atoms with Crippen molar-refractivity contribution in [1.29, 1.82) is 0 Å². The number of carbonyl (C=O) groups is 5. The van der Waals surface area contributed by atoms with Gasteiger partial charge in [0, 0.05) is 24.7 Å². The number of hydrogen-bond acceptors (Lipinski definition) is 9. The summed E-state index contributed by atoms with van der Waals surface area (Å²) in [6, 6.07) is 0.689. The molecule has 0 bridgehead atoms. The van der Waals surface area contributed by atoms with E-state index in [2.05, 4.69) is 31.2 Å². The van der Waals surface area contributed by atoms with Crippen molar-refractivity contribution in [3.8, 4) is 5.75 Å². The molecule has 1 heterocycles. The van der Waals surface area contributed by atoms with Gasteiger partial charge in [-0.15, -0.1) is 0 Å². The molecule has 1 aromatic heterocycles. The topological polar surface area (TPSA) is 229 Å². The van der Waals surface area contributed by atoms with Crippen molar-refractivity contribution in [2.24, 2.45) is 11.7 Å². The second-order valence-corrected chi connectivity index (χ2v) is 11.4. The summed E-state index contributed by atoms with van der Waals surface area (Å²) in [6.45, 7) is 4.73. The average Bonchev–Trinajstić information content (AvgIpc) is 3.47. The highest BCUT2D eigenvalue weighted by atomic mass is 32.2. The maximum absolute atomic E-state index is 13.6. The Kier molecular flexibility index (Phi) is 14.0. The molecule has 0 aliphatic rings. The number of aromatic hydroxyl groups is 1. The predicted octanol–water partition coefficient (Wildman–Crippen LogP) is -0.319. The molecular formula is C28H41N7O7S. The number of nitrogens with two attached hydrogens (primary N) is 1. The van der Waals surface area contributed by atoms with Gasteiger partial charge in [-0.25, -0.2) is 4.98 Å². The molecule has 0 radical (unpaired) electrons. The molecule has 5 atom stereocenters. The van der Waals surface area contributed by atoms with E-state index < -0.39 is 65.7 Å². The van der Waals surface area contributed by atoms with Crippen LogP contribution in [0.25, 0.3) is 0 Å². The fourth-order valence-corrected chi connectivity index (χ4v) is 4.48. The van der Waals surface area contributed by atoms with Gasteiger partial charge >= 0.3 is 5.97 Å². The van der Waals surface area contributed by atoms with Gasteiger partial charge in [0.1, 0.15) is 29.9 Å². The standard InChI is InChI=1S/C28H41N7O7S/c1-15(2)23(27(40)33-21(9-10-43-4)25(38)32-16(3)28(41)42)35-26(39)22(11-17-5-7-19(36)8-6-17)34-24(37)20(29)12-18-13-30-14-31-18/h5-8,13-16,20-23,36H,9-12,29H2,1-4H3,(H,30,31)(H,32,38)(H,33,40)(H,34,37)(H,35,39)(H,41,42)/t16-,20-,21-,22-,23-/m0/s1. The number of benzene rings is 1. The minimum Gasteiger partial charge on any atom is -0.508 e. The molecule has 0 saturated carbocycles. The van der Waals surface area contributed by atoms with Crippen LogP contribution < -0.4 is 27.0 Å². The van der Waals surface area contributed by atoms with Crippen LogP contribution in [0.5, 0.6) is 5.75 Å². The lowest BCUT2D eigenvalue weighted by Gasteiger charge is -2.28. The lowest BCUT2D eigenvalue weighted by atomic mass is 10.00. The Morgan fingerprint density at radius 3 is 2.09 bits per heavy atom. The van der Waals surface area contributed by atoms with E-state index >= 15 is 0 Å². The summed E-state index contributed by atoms with van der Waals surface area (Å²) in [7, 11) is 0. The quantitative estimate of drug-likeness (QED) is 0.115. The summed E-state index contributed by atoms with van der Waals surface area (Å²) >= 11 is 1.45. The molecule has 4 amide bonds. The van der Waals surface area contributed by atoms with Gasteiger partial charge in [-0.05, 0) is 49.0 Å². The molecule has 9 N–H and O–H groups in total. The summed E-state index contributed by atoms with van der Waals surface area (Å²) in [4.78, 5) is 70.7. The Morgan fingerprint density at radius 1 is 0.907 bits per heavy atom. The van der Waals surface area contributed by atoms with Gasteiger partial charge < -0.3 is 42.2 Å². The number of carboxylic acid groups (broad SMARTS) is 1. The number of H-pyrrole nitrogens is 1. The SMILES string of the molecule is CSCC[C@H](NC(=O)[C@@H](NC(=O)[C@H](Cc1ccc(O)cc1)NC(=O)[C@@H](N)Cc1cnc[nH]1)C(C)C)C(=O)N[C@@H](C)C(=O)O. The third-order valence-corrected chi connectivity index (χ3v) is 7.20. The van der Waals surface area contributed by atoms with Crippen molar-refractivity contribution < 1.29 is 34.2 Å². The van der Waals surface area contributed by atoms with Crippen molar-refractivity contribution in [2.45, 2.75) is 70.2 Å². The number of carbonyl (C=O) groups excluding carboxylic acids is 4. The first kappa shape index (κ1) is 35.1. The van der Waals surface area contributed by atoms with Gasteiger partial charge in [0.15, 0.2) is 0 Å². The number of amides is 4. The first-order valence-electron chi connectivity index (χ1n) is 13.8. The van der Waals surface area contributed by atoms with E-state index in [9.17, 15) is 29.1 Å². The average molecular weight is 620 g/mol. The van der Waals surface area contributed by atoms with Gasteiger partial charge in [0.2, 0.25) is 23.6 Å². The number of aromatic nitrogens is 2. The van der Waals surface area contributed by atoms with Crippen LogP contribution in [0.3, 0.4) is 0 Å². The molecule has 1 aromatic carbocycles. The van der Waals surface area contributed by atoms with E-state index in [1.165, 1.54) is 43.3 Å². The third-order valence-electron chi connectivity index (χ3n) is 6.56. The van der Waals surface area contributed by atoms with E-state index in [0.717, 1.165) is 0 Å². The van der Waals surface area contributed by atoms with Gasteiger partial charge in [-0.1, -0.05) is 26.0 Å². The van der Waals surface area contributed by atoms with Crippen LogP contribution in [0.15, 0.2) is 36.8 Å². The summed E-state index contributed by atoms with van der Waals surface area (Å²) in [5.74, 6) is -3.65. The molecule has 2 rings (SSSR count). The van der Waals surface area contributed by atoms with E-state index in [4.69, 9.17) is 10.8 Å². The number of thioether (sulfide) groups is 1. The van der Waals surface area contributed by atoms with E-state index in [0.29, 0.717) is 17.0 Å². The maximum Gasteiger partial charge on any atom is 0.325 e. The molecule has 43 heavy (non-hydrogen) atoms. The molecule has 0 aliphatic carbocycles. The zero-order valence-corrected chi connectivity index (χ0v) is 25.4. The molecule has 0 spiro atoms. The van der Waals surface area contributed by atoms with Gasteiger partial charge in [0.25, 0.3) is 0 Å². The highest BCUT2D eigenvalue weighted by Crippen LogP contribution is 2.13. The van der Waals surface area contributed by atoms with Gasteiger partial charge in [-0.3, -0.25) is 24.0 Å². The summed E-state index contributed by atoms with van der Waals surface area (Å²) < 4.78 is 0. The van der Waals surface area contributed by atoms with Crippen LogP contribution in [-0.4, -0.2) is 92.0 Å². The molecule has 0 unspecified atom stereocenters. The number of nitrogens with one attached hydrogen (secondary N) is 5. The molecule has 0 saturated heterocycles. The number of aliphatic carboxylic acids is 1. The second-order valence-electron chi connectivity index (χ2n) is 10.5. The number of phenolic OH excluding ortho intramolecular Hbond substituents is 1.